The topological polar surface area (TPSA) is 20.2 Å². The van der Waals surface area contributed by atoms with Crippen molar-refractivity contribution in [2.75, 3.05) is 0 Å². The van der Waals surface area contributed by atoms with Gasteiger partial charge in [0.1, 0.15) is 0 Å². The number of hydrogen-bond donors (Lipinski definition) is 1. The lowest BCUT2D eigenvalue weighted by Crippen LogP contribution is -2.19. The first-order valence-electron chi connectivity index (χ1n) is 6.98. The molecule has 1 nitrogen and oxygen atoms in total. The van der Waals surface area contributed by atoms with Gasteiger partial charge in [0.25, 0.3) is 0 Å². The molecule has 0 amide bonds. The largest absolute Gasteiger partial charge is 0.386 e. The molecule has 0 aromatic heterocycles. The SMILES string of the molecule is C=CC(C)(O)CCCCCCCCCCC. The second kappa shape index (κ2) is 9.89. The van der Waals surface area contributed by atoms with Crippen LogP contribution in [0, 0.1) is 0 Å². The van der Waals surface area contributed by atoms with E-state index in [1.165, 1.54) is 51.4 Å². The van der Waals surface area contributed by atoms with E-state index in [1.807, 2.05) is 6.92 Å². The summed E-state index contributed by atoms with van der Waals surface area (Å²) in [5, 5.41) is 9.70. The highest BCUT2D eigenvalue weighted by atomic mass is 16.3. The molecular weight excluding hydrogens is 196 g/mol. The molecule has 0 saturated carbocycles. The highest BCUT2D eigenvalue weighted by Crippen LogP contribution is 2.16. The number of aliphatic hydroxyl groups is 1. The maximum atomic E-state index is 9.70. The summed E-state index contributed by atoms with van der Waals surface area (Å²) in [5.74, 6) is 0. The van der Waals surface area contributed by atoms with E-state index in [1.54, 1.807) is 6.08 Å². The monoisotopic (exact) mass is 226 g/mol. The minimum absolute atomic E-state index is 0.652. The van der Waals surface area contributed by atoms with E-state index < -0.39 is 5.60 Å². The number of rotatable bonds is 11. The highest BCUT2D eigenvalue weighted by molar-refractivity contribution is 4.91. The first-order valence-corrected chi connectivity index (χ1v) is 6.98. The van der Waals surface area contributed by atoms with Gasteiger partial charge in [-0.3, -0.25) is 0 Å². The van der Waals surface area contributed by atoms with Crippen molar-refractivity contribution >= 4 is 0 Å². The summed E-state index contributed by atoms with van der Waals surface area (Å²) in [6.45, 7) is 7.73. The van der Waals surface area contributed by atoms with Crippen molar-refractivity contribution in [2.24, 2.45) is 0 Å². The maximum absolute atomic E-state index is 9.70. The molecule has 0 aliphatic heterocycles. The molecule has 0 aliphatic rings. The Balaban J connectivity index is 3.13. The Bertz CT molecular complexity index is 161. The van der Waals surface area contributed by atoms with Gasteiger partial charge < -0.3 is 5.11 Å². The molecule has 0 fully saturated rings. The van der Waals surface area contributed by atoms with Crippen LogP contribution in [0.15, 0.2) is 12.7 Å². The summed E-state index contributed by atoms with van der Waals surface area (Å²) in [4.78, 5) is 0. The Labute approximate surface area is 102 Å². The maximum Gasteiger partial charge on any atom is 0.0797 e. The Morgan fingerprint density at radius 1 is 0.938 bits per heavy atom. The van der Waals surface area contributed by atoms with Crippen LogP contribution in [0.25, 0.3) is 0 Å². The zero-order valence-corrected chi connectivity index (χ0v) is 11.3. The van der Waals surface area contributed by atoms with Crippen molar-refractivity contribution in [2.45, 2.75) is 83.7 Å². The Hall–Kier alpha value is -0.300. The lowest BCUT2D eigenvalue weighted by molar-refractivity contribution is 0.0988. The summed E-state index contributed by atoms with van der Waals surface area (Å²) >= 11 is 0. The van der Waals surface area contributed by atoms with Gasteiger partial charge in [-0.15, -0.1) is 6.58 Å². The molecule has 1 heteroatoms. The molecule has 0 heterocycles. The van der Waals surface area contributed by atoms with Crippen LogP contribution in [-0.4, -0.2) is 10.7 Å². The summed E-state index contributed by atoms with van der Waals surface area (Å²) in [6, 6.07) is 0. The van der Waals surface area contributed by atoms with E-state index in [2.05, 4.69) is 13.5 Å². The van der Waals surface area contributed by atoms with Gasteiger partial charge in [0, 0.05) is 0 Å². The van der Waals surface area contributed by atoms with Gasteiger partial charge in [-0.25, -0.2) is 0 Å². The fraction of sp³-hybridized carbons (Fsp3) is 0.867. The Morgan fingerprint density at radius 2 is 1.38 bits per heavy atom. The first kappa shape index (κ1) is 15.7. The molecule has 0 aromatic carbocycles. The standard InChI is InChI=1S/C15H30O/c1-4-6-7-8-9-10-11-12-13-14-15(3,16)5-2/h5,16H,2,4,6-14H2,1,3H3. The predicted octanol–water partition coefficient (Wildman–Crippen LogP) is 4.84. The molecule has 0 aromatic rings. The molecule has 0 spiro atoms. The van der Waals surface area contributed by atoms with Crippen LogP contribution in [0.1, 0.15) is 78.1 Å². The van der Waals surface area contributed by atoms with Gasteiger partial charge in [0.05, 0.1) is 5.60 Å². The predicted molar refractivity (Wildman–Crippen MR) is 72.7 cm³/mol. The van der Waals surface area contributed by atoms with E-state index in [0.717, 1.165) is 12.8 Å². The summed E-state index contributed by atoms with van der Waals surface area (Å²) < 4.78 is 0. The lowest BCUT2D eigenvalue weighted by Gasteiger charge is -2.17. The zero-order chi connectivity index (χ0) is 12.3. The molecule has 0 radical (unpaired) electrons. The van der Waals surface area contributed by atoms with Gasteiger partial charge in [0.2, 0.25) is 0 Å². The van der Waals surface area contributed by atoms with E-state index in [0.29, 0.717) is 0 Å². The highest BCUT2D eigenvalue weighted by Gasteiger charge is 2.13. The zero-order valence-electron chi connectivity index (χ0n) is 11.3. The Kier molecular flexibility index (Phi) is 9.71. The third-order valence-electron chi connectivity index (χ3n) is 3.23. The van der Waals surface area contributed by atoms with Crippen LogP contribution in [0.5, 0.6) is 0 Å². The van der Waals surface area contributed by atoms with Crippen molar-refractivity contribution in [1.82, 2.24) is 0 Å². The van der Waals surface area contributed by atoms with Crippen LogP contribution in [0.3, 0.4) is 0 Å². The molecule has 0 aliphatic carbocycles. The molecule has 0 bridgehead atoms. The summed E-state index contributed by atoms with van der Waals surface area (Å²) in [5.41, 5.74) is -0.652. The molecular formula is C15H30O. The summed E-state index contributed by atoms with van der Waals surface area (Å²) in [6.07, 6.45) is 14.5. The molecule has 16 heavy (non-hydrogen) atoms. The quantitative estimate of drug-likeness (QED) is 0.394. The van der Waals surface area contributed by atoms with Crippen LogP contribution in [-0.2, 0) is 0 Å². The van der Waals surface area contributed by atoms with E-state index >= 15 is 0 Å². The van der Waals surface area contributed by atoms with E-state index in [9.17, 15) is 5.11 Å². The fourth-order valence-corrected chi connectivity index (χ4v) is 1.90. The Morgan fingerprint density at radius 3 is 1.81 bits per heavy atom. The van der Waals surface area contributed by atoms with E-state index in [4.69, 9.17) is 0 Å². The average molecular weight is 226 g/mol. The van der Waals surface area contributed by atoms with Crippen LogP contribution >= 0.6 is 0 Å². The van der Waals surface area contributed by atoms with Crippen molar-refractivity contribution in [3.8, 4) is 0 Å². The van der Waals surface area contributed by atoms with Crippen LogP contribution < -0.4 is 0 Å². The van der Waals surface area contributed by atoms with Crippen molar-refractivity contribution in [1.29, 1.82) is 0 Å². The van der Waals surface area contributed by atoms with Crippen LogP contribution in [0.2, 0.25) is 0 Å². The normalized spacial score (nSPS) is 14.7. The third-order valence-corrected chi connectivity index (χ3v) is 3.23. The minimum Gasteiger partial charge on any atom is -0.386 e. The number of hydrogen-bond acceptors (Lipinski definition) is 1. The van der Waals surface area contributed by atoms with Crippen molar-refractivity contribution in [3.63, 3.8) is 0 Å². The van der Waals surface area contributed by atoms with Crippen molar-refractivity contribution < 1.29 is 5.11 Å². The minimum atomic E-state index is -0.652. The second-order valence-electron chi connectivity index (χ2n) is 5.14. The number of unbranched alkanes of at least 4 members (excludes halogenated alkanes) is 8. The second-order valence-corrected chi connectivity index (χ2v) is 5.14. The summed E-state index contributed by atoms with van der Waals surface area (Å²) in [7, 11) is 0. The molecule has 1 atom stereocenters. The van der Waals surface area contributed by atoms with Gasteiger partial charge >= 0.3 is 0 Å². The van der Waals surface area contributed by atoms with Gasteiger partial charge in [0.15, 0.2) is 0 Å². The molecule has 96 valence electrons. The van der Waals surface area contributed by atoms with E-state index in [-0.39, 0.29) is 0 Å². The first-order chi connectivity index (χ1) is 7.62. The molecule has 0 saturated heterocycles. The molecule has 0 rings (SSSR count). The lowest BCUT2D eigenvalue weighted by atomic mass is 9.98. The molecule has 1 N–H and O–H groups in total. The third kappa shape index (κ3) is 10.2. The van der Waals surface area contributed by atoms with Gasteiger partial charge in [-0.2, -0.15) is 0 Å². The smallest absolute Gasteiger partial charge is 0.0797 e. The fourth-order valence-electron chi connectivity index (χ4n) is 1.90. The van der Waals surface area contributed by atoms with Crippen molar-refractivity contribution in [3.05, 3.63) is 12.7 Å². The average Bonchev–Trinajstić information content (AvgIpc) is 2.27. The van der Waals surface area contributed by atoms with Gasteiger partial charge in [-0.05, 0) is 13.3 Å². The molecule has 1 unspecified atom stereocenters. The van der Waals surface area contributed by atoms with Crippen LogP contribution in [0.4, 0.5) is 0 Å². The van der Waals surface area contributed by atoms with Gasteiger partial charge in [-0.1, -0.05) is 70.8 Å².